The summed E-state index contributed by atoms with van der Waals surface area (Å²) >= 11 is 12.0. The molecule has 3 rings (SSSR count). The van der Waals surface area contributed by atoms with E-state index in [1.807, 2.05) is 19.1 Å². The van der Waals surface area contributed by atoms with Crippen LogP contribution in [0.1, 0.15) is 11.3 Å². The van der Waals surface area contributed by atoms with Crippen molar-refractivity contribution in [2.45, 2.75) is 6.92 Å². The van der Waals surface area contributed by atoms with Crippen molar-refractivity contribution in [2.75, 3.05) is 10.6 Å². The second-order valence-corrected chi connectivity index (χ2v) is 6.10. The summed E-state index contributed by atoms with van der Waals surface area (Å²) in [7, 11) is 0. The quantitative estimate of drug-likeness (QED) is 0.639. The molecule has 0 saturated carbocycles. The first-order valence-electron chi connectivity index (χ1n) is 7.38. The minimum Gasteiger partial charge on any atom is -0.340 e. The predicted octanol–water partition coefficient (Wildman–Crippen LogP) is 5.45. The highest BCUT2D eigenvalue weighted by Gasteiger charge is 2.05. The Morgan fingerprint density at radius 1 is 0.880 bits per heavy atom. The number of benzene rings is 2. The molecular formula is C18H13Cl2N5. The van der Waals surface area contributed by atoms with Crippen molar-refractivity contribution in [3.05, 3.63) is 69.8 Å². The van der Waals surface area contributed by atoms with Crippen LogP contribution in [0.25, 0.3) is 0 Å². The van der Waals surface area contributed by atoms with Crippen LogP contribution in [0.15, 0.2) is 48.5 Å². The molecule has 0 aliphatic rings. The maximum atomic E-state index is 8.85. The second kappa shape index (κ2) is 7.39. The fourth-order valence-electron chi connectivity index (χ4n) is 2.17. The molecule has 0 aliphatic carbocycles. The first-order chi connectivity index (χ1) is 12.0. The smallest absolute Gasteiger partial charge is 0.229 e. The van der Waals surface area contributed by atoms with Crippen LogP contribution in [0, 0.1) is 18.3 Å². The van der Waals surface area contributed by atoms with Crippen molar-refractivity contribution in [3.63, 3.8) is 0 Å². The molecule has 25 heavy (non-hydrogen) atoms. The van der Waals surface area contributed by atoms with Crippen LogP contribution in [0.4, 0.5) is 23.1 Å². The summed E-state index contributed by atoms with van der Waals surface area (Å²) < 4.78 is 0. The van der Waals surface area contributed by atoms with E-state index in [-0.39, 0.29) is 0 Å². The van der Waals surface area contributed by atoms with Crippen molar-refractivity contribution in [1.29, 1.82) is 5.26 Å². The molecular weight excluding hydrogens is 357 g/mol. The number of anilines is 4. The van der Waals surface area contributed by atoms with Crippen LogP contribution in [0.2, 0.25) is 10.0 Å². The highest BCUT2D eigenvalue weighted by Crippen LogP contribution is 2.27. The van der Waals surface area contributed by atoms with Crippen LogP contribution in [-0.2, 0) is 0 Å². The van der Waals surface area contributed by atoms with E-state index in [0.717, 1.165) is 17.1 Å². The summed E-state index contributed by atoms with van der Waals surface area (Å²) in [5, 5.41) is 16.1. The minimum atomic E-state index is 0.451. The van der Waals surface area contributed by atoms with Gasteiger partial charge in [-0.3, -0.25) is 0 Å². The minimum absolute atomic E-state index is 0.451. The Bertz CT molecular complexity index is 949. The number of rotatable bonds is 4. The lowest BCUT2D eigenvalue weighted by atomic mass is 10.2. The topological polar surface area (TPSA) is 73.6 Å². The van der Waals surface area contributed by atoms with Crippen molar-refractivity contribution in [3.8, 4) is 6.07 Å². The Labute approximate surface area is 155 Å². The maximum Gasteiger partial charge on any atom is 0.229 e. The Kier molecular flexibility index (Phi) is 5.03. The zero-order chi connectivity index (χ0) is 17.8. The molecule has 0 atom stereocenters. The molecule has 1 aromatic heterocycles. The van der Waals surface area contributed by atoms with E-state index >= 15 is 0 Å². The third kappa shape index (κ3) is 4.38. The SMILES string of the molecule is Cc1cc(Nc2ccc(Cl)c(Cl)c2)nc(Nc2ccc(C#N)cc2)n1. The fourth-order valence-corrected chi connectivity index (χ4v) is 2.47. The van der Waals surface area contributed by atoms with E-state index in [2.05, 4.69) is 26.7 Å². The molecule has 1 heterocycles. The summed E-state index contributed by atoms with van der Waals surface area (Å²) in [4.78, 5) is 8.82. The third-order valence-electron chi connectivity index (χ3n) is 3.32. The standard InChI is InChI=1S/C18H13Cl2N5/c1-11-8-17(23-14-6-7-15(19)16(20)9-14)25-18(22-11)24-13-4-2-12(10-21)3-5-13/h2-9H,1H3,(H2,22,23,24,25). The summed E-state index contributed by atoms with van der Waals surface area (Å²) in [5.41, 5.74) is 2.97. The average Bonchev–Trinajstić information content (AvgIpc) is 2.58. The van der Waals surface area contributed by atoms with Gasteiger partial charge in [-0.15, -0.1) is 0 Å². The van der Waals surface area contributed by atoms with Gasteiger partial charge < -0.3 is 10.6 Å². The fraction of sp³-hybridized carbons (Fsp3) is 0.0556. The zero-order valence-corrected chi connectivity index (χ0v) is 14.7. The predicted molar refractivity (Wildman–Crippen MR) is 101 cm³/mol. The number of nitrogens with zero attached hydrogens (tertiary/aromatic N) is 3. The van der Waals surface area contributed by atoms with Crippen LogP contribution < -0.4 is 10.6 Å². The lowest BCUT2D eigenvalue weighted by Gasteiger charge is -2.10. The van der Waals surface area contributed by atoms with Gasteiger partial charge in [0.1, 0.15) is 5.82 Å². The first kappa shape index (κ1) is 17.0. The second-order valence-electron chi connectivity index (χ2n) is 5.29. The molecule has 0 saturated heterocycles. The van der Waals surface area contributed by atoms with Crippen LogP contribution in [-0.4, -0.2) is 9.97 Å². The molecule has 0 spiro atoms. The summed E-state index contributed by atoms with van der Waals surface area (Å²) in [5.74, 6) is 1.08. The van der Waals surface area contributed by atoms with Crippen molar-refractivity contribution in [2.24, 2.45) is 0 Å². The molecule has 0 radical (unpaired) electrons. The molecule has 5 nitrogen and oxygen atoms in total. The first-order valence-corrected chi connectivity index (χ1v) is 8.14. The van der Waals surface area contributed by atoms with Crippen molar-refractivity contribution in [1.82, 2.24) is 9.97 Å². The molecule has 0 amide bonds. The monoisotopic (exact) mass is 369 g/mol. The van der Waals surface area contributed by atoms with E-state index in [4.69, 9.17) is 28.5 Å². The van der Waals surface area contributed by atoms with E-state index in [1.165, 1.54) is 0 Å². The Hall–Kier alpha value is -2.81. The van der Waals surface area contributed by atoms with Gasteiger partial charge in [0.2, 0.25) is 5.95 Å². The Morgan fingerprint density at radius 3 is 2.28 bits per heavy atom. The van der Waals surface area contributed by atoms with Crippen LogP contribution in [0.5, 0.6) is 0 Å². The van der Waals surface area contributed by atoms with E-state index in [0.29, 0.717) is 27.4 Å². The van der Waals surface area contributed by atoms with Gasteiger partial charge in [0.25, 0.3) is 0 Å². The molecule has 0 aliphatic heterocycles. The number of aromatic nitrogens is 2. The normalized spacial score (nSPS) is 10.2. The molecule has 7 heteroatoms. The van der Waals surface area contributed by atoms with Gasteiger partial charge >= 0.3 is 0 Å². The molecule has 0 bridgehead atoms. The van der Waals surface area contributed by atoms with E-state index in [9.17, 15) is 0 Å². The van der Waals surface area contributed by atoms with Crippen molar-refractivity contribution < 1.29 is 0 Å². The number of hydrogen-bond donors (Lipinski definition) is 2. The summed E-state index contributed by atoms with van der Waals surface area (Å²) in [6.07, 6.45) is 0. The maximum absolute atomic E-state index is 8.85. The highest BCUT2D eigenvalue weighted by atomic mass is 35.5. The molecule has 0 unspecified atom stereocenters. The van der Waals surface area contributed by atoms with Crippen LogP contribution >= 0.6 is 23.2 Å². The summed E-state index contributed by atoms with van der Waals surface area (Å²) in [6.45, 7) is 1.88. The molecule has 0 fully saturated rings. The number of nitriles is 1. The van der Waals surface area contributed by atoms with Gasteiger partial charge in [0, 0.05) is 23.1 Å². The van der Waals surface area contributed by atoms with Gasteiger partial charge in [0.05, 0.1) is 21.7 Å². The number of hydrogen-bond acceptors (Lipinski definition) is 5. The Balaban J connectivity index is 1.82. The van der Waals surface area contributed by atoms with Gasteiger partial charge in [-0.2, -0.15) is 10.2 Å². The molecule has 2 N–H and O–H groups in total. The number of halogens is 2. The molecule has 2 aromatic carbocycles. The number of nitrogens with one attached hydrogen (secondary N) is 2. The Morgan fingerprint density at radius 2 is 1.60 bits per heavy atom. The van der Waals surface area contributed by atoms with Gasteiger partial charge in [-0.25, -0.2) is 4.98 Å². The van der Waals surface area contributed by atoms with Gasteiger partial charge in [-0.1, -0.05) is 23.2 Å². The summed E-state index contributed by atoms with van der Waals surface area (Å²) in [6, 6.07) is 16.2. The van der Waals surface area contributed by atoms with Gasteiger partial charge in [-0.05, 0) is 49.4 Å². The van der Waals surface area contributed by atoms with Crippen LogP contribution in [0.3, 0.4) is 0 Å². The van der Waals surface area contributed by atoms with E-state index in [1.54, 1.807) is 36.4 Å². The lowest BCUT2D eigenvalue weighted by Crippen LogP contribution is -2.02. The third-order valence-corrected chi connectivity index (χ3v) is 4.06. The largest absolute Gasteiger partial charge is 0.340 e. The lowest BCUT2D eigenvalue weighted by molar-refractivity contribution is 1.11. The van der Waals surface area contributed by atoms with Gasteiger partial charge in [0.15, 0.2) is 0 Å². The number of aryl methyl sites for hydroxylation is 1. The van der Waals surface area contributed by atoms with E-state index < -0.39 is 0 Å². The molecule has 3 aromatic rings. The average molecular weight is 370 g/mol. The van der Waals surface area contributed by atoms with Crippen molar-refractivity contribution >= 4 is 46.3 Å². The highest BCUT2D eigenvalue weighted by molar-refractivity contribution is 6.42. The zero-order valence-electron chi connectivity index (χ0n) is 13.2. The molecule has 124 valence electrons.